The number of anilines is 3. The smallest absolute Gasteiger partial charge is 0.244 e. The molecule has 0 spiro atoms. The summed E-state index contributed by atoms with van der Waals surface area (Å²) in [7, 11) is 1.90. The number of para-hydroxylation sites is 2. The Labute approximate surface area is 117 Å². The van der Waals surface area contributed by atoms with Crippen molar-refractivity contribution in [1.82, 2.24) is 10.3 Å². The van der Waals surface area contributed by atoms with Gasteiger partial charge in [0.2, 0.25) is 5.91 Å². The second-order valence-corrected chi connectivity index (χ2v) is 4.67. The van der Waals surface area contributed by atoms with Gasteiger partial charge in [0.15, 0.2) is 0 Å². The maximum atomic E-state index is 11.9. The molecule has 3 rings (SSSR count). The van der Waals surface area contributed by atoms with Crippen molar-refractivity contribution >= 4 is 23.1 Å². The van der Waals surface area contributed by atoms with Gasteiger partial charge in [-0.3, -0.25) is 4.79 Å². The number of carbonyl (C=O) groups is 1. The van der Waals surface area contributed by atoms with Crippen LogP contribution >= 0.6 is 0 Å². The number of rotatable bonds is 3. The molecule has 0 saturated heterocycles. The van der Waals surface area contributed by atoms with Gasteiger partial charge in [0.25, 0.3) is 0 Å². The lowest BCUT2D eigenvalue weighted by Gasteiger charge is -2.31. The van der Waals surface area contributed by atoms with Crippen LogP contribution in [0.15, 0.2) is 42.6 Å². The van der Waals surface area contributed by atoms with Crippen molar-refractivity contribution in [3.05, 3.63) is 48.2 Å². The first-order valence-electron chi connectivity index (χ1n) is 6.54. The lowest BCUT2D eigenvalue weighted by Crippen LogP contribution is -2.36. The molecule has 1 amide bonds. The first-order valence-corrected chi connectivity index (χ1v) is 6.54. The molecule has 5 nitrogen and oxygen atoms in total. The van der Waals surface area contributed by atoms with Crippen molar-refractivity contribution in [3.63, 3.8) is 0 Å². The third-order valence-electron chi connectivity index (χ3n) is 3.26. The van der Waals surface area contributed by atoms with Crippen molar-refractivity contribution in [2.75, 3.05) is 23.8 Å². The van der Waals surface area contributed by atoms with Crippen molar-refractivity contribution in [2.24, 2.45) is 0 Å². The van der Waals surface area contributed by atoms with Crippen LogP contribution < -0.4 is 15.5 Å². The Kier molecular flexibility index (Phi) is 3.35. The topological polar surface area (TPSA) is 57.3 Å². The van der Waals surface area contributed by atoms with E-state index in [4.69, 9.17) is 0 Å². The fourth-order valence-corrected chi connectivity index (χ4v) is 2.42. The lowest BCUT2D eigenvalue weighted by atomic mass is 10.1. The number of fused-ring (bicyclic) bond motifs is 1. The van der Waals surface area contributed by atoms with Gasteiger partial charge in [-0.2, -0.15) is 0 Å². The number of amides is 1. The summed E-state index contributed by atoms with van der Waals surface area (Å²) in [6.45, 7) is 0.994. The Morgan fingerprint density at radius 2 is 2.15 bits per heavy atom. The molecule has 2 heterocycles. The molecule has 0 unspecified atom stereocenters. The normalized spacial score (nSPS) is 13.8. The number of nitrogens with one attached hydrogen (secondary N) is 2. The van der Waals surface area contributed by atoms with E-state index in [1.165, 1.54) is 0 Å². The highest BCUT2D eigenvalue weighted by molar-refractivity contribution is 6.03. The molecule has 0 saturated carbocycles. The second-order valence-electron chi connectivity index (χ2n) is 4.67. The summed E-state index contributed by atoms with van der Waals surface area (Å²) in [6, 6.07) is 11.7. The summed E-state index contributed by atoms with van der Waals surface area (Å²) in [5.74, 6) is 0.800. The zero-order chi connectivity index (χ0) is 13.9. The molecular weight excluding hydrogens is 252 g/mol. The molecule has 1 aliphatic heterocycles. The van der Waals surface area contributed by atoms with E-state index in [1.807, 2.05) is 48.3 Å². The third-order valence-corrected chi connectivity index (χ3v) is 3.26. The molecule has 0 aliphatic carbocycles. The molecule has 0 bridgehead atoms. The molecule has 5 heteroatoms. The van der Waals surface area contributed by atoms with Crippen LogP contribution in [0.4, 0.5) is 17.2 Å². The highest BCUT2D eigenvalue weighted by atomic mass is 16.2. The lowest BCUT2D eigenvalue weighted by molar-refractivity contribution is -0.115. The van der Waals surface area contributed by atoms with Crippen LogP contribution in [0.25, 0.3) is 0 Å². The maximum Gasteiger partial charge on any atom is 0.244 e. The number of benzene rings is 1. The largest absolute Gasteiger partial charge is 0.323 e. The maximum absolute atomic E-state index is 11.9. The Bertz CT molecular complexity index is 641. The predicted molar refractivity (Wildman–Crippen MR) is 79.1 cm³/mol. The third kappa shape index (κ3) is 2.23. The van der Waals surface area contributed by atoms with Gasteiger partial charge in [0.1, 0.15) is 12.4 Å². The molecular formula is C15H16N4O. The first kappa shape index (κ1) is 12.6. The Morgan fingerprint density at radius 1 is 1.30 bits per heavy atom. The Morgan fingerprint density at radius 3 is 3.00 bits per heavy atom. The molecule has 1 aromatic carbocycles. The van der Waals surface area contributed by atoms with Gasteiger partial charge in [-0.15, -0.1) is 0 Å². The van der Waals surface area contributed by atoms with Crippen molar-refractivity contribution < 1.29 is 4.79 Å². The van der Waals surface area contributed by atoms with Crippen LogP contribution in [0.5, 0.6) is 0 Å². The summed E-state index contributed by atoms with van der Waals surface area (Å²) in [5.41, 5.74) is 2.87. The van der Waals surface area contributed by atoms with Crippen LogP contribution in [0.1, 0.15) is 5.56 Å². The van der Waals surface area contributed by atoms with Crippen LogP contribution in [-0.4, -0.2) is 24.5 Å². The van der Waals surface area contributed by atoms with Crippen molar-refractivity contribution in [1.29, 1.82) is 0 Å². The molecule has 0 radical (unpaired) electrons. The Hall–Kier alpha value is -2.40. The minimum absolute atomic E-state index is 0.0234. The summed E-state index contributed by atoms with van der Waals surface area (Å²) >= 11 is 0. The van der Waals surface area contributed by atoms with Gasteiger partial charge in [-0.1, -0.05) is 18.2 Å². The number of aromatic nitrogens is 1. The van der Waals surface area contributed by atoms with Crippen LogP contribution in [-0.2, 0) is 11.3 Å². The molecule has 0 atom stereocenters. The number of hydrogen-bond acceptors (Lipinski definition) is 4. The fraction of sp³-hybridized carbons (Fsp3) is 0.200. The molecule has 20 heavy (non-hydrogen) atoms. The molecule has 1 aliphatic rings. The van der Waals surface area contributed by atoms with E-state index < -0.39 is 0 Å². The minimum atomic E-state index is -0.0234. The number of carbonyl (C=O) groups excluding carboxylic acids is 1. The van der Waals surface area contributed by atoms with Gasteiger partial charge in [0.05, 0.1) is 11.4 Å². The monoisotopic (exact) mass is 268 g/mol. The van der Waals surface area contributed by atoms with Crippen molar-refractivity contribution in [2.45, 2.75) is 6.54 Å². The molecule has 102 valence electrons. The zero-order valence-corrected chi connectivity index (χ0v) is 11.3. The van der Waals surface area contributed by atoms with E-state index in [0.717, 1.165) is 22.8 Å². The van der Waals surface area contributed by atoms with Gasteiger partial charge in [-0.25, -0.2) is 4.98 Å². The molecule has 2 N–H and O–H groups in total. The molecule has 1 aromatic heterocycles. The van der Waals surface area contributed by atoms with Gasteiger partial charge in [-0.05, 0) is 25.2 Å². The van der Waals surface area contributed by atoms with E-state index in [0.29, 0.717) is 6.54 Å². The van der Waals surface area contributed by atoms with Gasteiger partial charge >= 0.3 is 0 Å². The average Bonchev–Trinajstić information content (AvgIpc) is 2.47. The van der Waals surface area contributed by atoms with Crippen LogP contribution in [0.2, 0.25) is 0 Å². The standard InChI is InChI=1S/C15H16N4O/c1-16-9-11-5-4-8-17-15(11)19-10-14(20)18-12-6-2-3-7-13(12)19/h2-8,16H,9-10H2,1H3,(H,18,20). The second kappa shape index (κ2) is 5.30. The summed E-state index contributed by atoms with van der Waals surface area (Å²) in [5, 5.41) is 6.02. The van der Waals surface area contributed by atoms with Gasteiger partial charge < -0.3 is 15.5 Å². The van der Waals surface area contributed by atoms with E-state index in [1.54, 1.807) is 6.20 Å². The van der Waals surface area contributed by atoms with E-state index in [2.05, 4.69) is 15.6 Å². The summed E-state index contributed by atoms with van der Waals surface area (Å²) in [4.78, 5) is 18.3. The van der Waals surface area contributed by atoms with Crippen LogP contribution in [0, 0.1) is 0 Å². The van der Waals surface area contributed by atoms with Crippen LogP contribution in [0.3, 0.4) is 0 Å². The highest BCUT2D eigenvalue weighted by Gasteiger charge is 2.24. The summed E-state index contributed by atoms with van der Waals surface area (Å²) in [6.07, 6.45) is 1.75. The first-order chi connectivity index (χ1) is 9.79. The SMILES string of the molecule is CNCc1cccnc1N1CC(=O)Nc2ccccc21. The molecule has 0 fully saturated rings. The summed E-state index contributed by atoms with van der Waals surface area (Å²) < 4.78 is 0. The highest BCUT2D eigenvalue weighted by Crippen LogP contribution is 2.35. The number of nitrogens with zero attached hydrogens (tertiary/aromatic N) is 2. The van der Waals surface area contributed by atoms with E-state index in [9.17, 15) is 4.79 Å². The number of pyridine rings is 1. The van der Waals surface area contributed by atoms with Crippen molar-refractivity contribution in [3.8, 4) is 0 Å². The van der Waals surface area contributed by atoms with E-state index >= 15 is 0 Å². The predicted octanol–water partition coefficient (Wildman–Crippen LogP) is 1.89. The fourth-order valence-electron chi connectivity index (χ4n) is 2.42. The zero-order valence-electron chi connectivity index (χ0n) is 11.3. The van der Waals surface area contributed by atoms with Gasteiger partial charge in [0, 0.05) is 18.3 Å². The molecule has 2 aromatic rings. The Balaban J connectivity index is 2.08. The average molecular weight is 268 g/mol. The minimum Gasteiger partial charge on any atom is -0.323 e. The number of hydrogen-bond donors (Lipinski definition) is 2. The quantitative estimate of drug-likeness (QED) is 0.892. The van der Waals surface area contributed by atoms with E-state index in [-0.39, 0.29) is 12.5 Å².